The van der Waals surface area contributed by atoms with Crippen LogP contribution < -0.4 is 10.6 Å². The molecule has 0 aliphatic heterocycles. The highest BCUT2D eigenvalue weighted by Crippen LogP contribution is 2.19. The molecule has 0 saturated heterocycles. The number of hydrogen-bond donors (Lipinski definition) is 2. The first-order chi connectivity index (χ1) is 12.5. The molecule has 3 rings (SSSR count). The highest BCUT2D eigenvalue weighted by Gasteiger charge is 2.12. The van der Waals surface area contributed by atoms with Crippen molar-refractivity contribution in [1.29, 1.82) is 0 Å². The lowest BCUT2D eigenvalue weighted by Gasteiger charge is -2.12. The second kappa shape index (κ2) is 7.39. The number of aryl methyl sites for hydroxylation is 3. The van der Waals surface area contributed by atoms with Gasteiger partial charge in [0.2, 0.25) is 11.8 Å². The topological polar surface area (TPSA) is 76.0 Å². The van der Waals surface area contributed by atoms with Crippen molar-refractivity contribution in [1.82, 2.24) is 14.9 Å². The van der Waals surface area contributed by atoms with Crippen LogP contribution in [0, 0.1) is 20.8 Å². The van der Waals surface area contributed by atoms with Gasteiger partial charge in [-0.05, 0) is 44.0 Å². The summed E-state index contributed by atoms with van der Waals surface area (Å²) in [5.41, 5.74) is 4.53. The standard InChI is InChI=1S/C20H22N4O2/c1-13-7-6-8-14(2)20(13)23-18(25)11-21-19(26)12-24-15(3)22-16-9-4-5-10-17(16)24/h4-10H,11-12H2,1-3H3,(H,21,26)(H,23,25). The zero-order valence-corrected chi connectivity index (χ0v) is 15.2. The number of rotatable bonds is 5. The smallest absolute Gasteiger partial charge is 0.243 e. The Morgan fingerprint density at radius 1 is 0.962 bits per heavy atom. The lowest BCUT2D eigenvalue weighted by Crippen LogP contribution is -2.35. The van der Waals surface area contributed by atoms with Crippen molar-refractivity contribution in [2.45, 2.75) is 27.3 Å². The fourth-order valence-corrected chi connectivity index (χ4v) is 2.97. The summed E-state index contributed by atoms with van der Waals surface area (Å²) >= 11 is 0. The summed E-state index contributed by atoms with van der Waals surface area (Å²) in [6, 6.07) is 13.5. The molecule has 0 atom stereocenters. The second-order valence-corrected chi connectivity index (χ2v) is 6.33. The van der Waals surface area contributed by atoms with Gasteiger partial charge in [-0.25, -0.2) is 4.98 Å². The highest BCUT2D eigenvalue weighted by molar-refractivity contribution is 5.95. The molecule has 0 saturated carbocycles. The number of fused-ring (bicyclic) bond motifs is 1. The molecule has 0 aliphatic rings. The Labute approximate surface area is 152 Å². The molecule has 6 heteroatoms. The number of nitrogens with one attached hydrogen (secondary N) is 2. The Balaban J connectivity index is 1.60. The summed E-state index contributed by atoms with van der Waals surface area (Å²) < 4.78 is 1.84. The maximum atomic E-state index is 12.3. The molecule has 0 bridgehead atoms. The predicted octanol–water partition coefficient (Wildman–Crippen LogP) is 2.72. The third kappa shape index (κ3) is 3.74. The van der Waals surface area contributed by atoms with Crippen molar-refractivity contribution in [3.8, 4) is 0 Å². The van der Waals surface area contributed by atoms with Gasteiger partial charge in [-0.2, -0.15) is 0 Å². The fraction of sp³-hybridized carbons (Fsp3) is 0.250. The molecular formula is C20H22N4O2. The number of anilines is 1. The van der Waals surface area contributed by atoms with Crippen LogP contribution in [0.4, 0.5) is 5.69 Å². The number of aromatic nitrogens is 2. The fourth-order valence-electron chi connectivity index (χ4n) is 2.97. The van der Waals surface area contributed by atoms with E-state index >= 15 is 0 Å². The third-order valence-electron chi connectivity index (χ3n) is 4.34. The van der Waals surface area contributed by atoms with Crippen LogP contribution in [0.25, 0.3) is 11.0 Å². The van der Waals surface area contributed by atoms with Crippen molar-refractivity contribution >= 4 is 28.5 Å². The molecule has 0 spiro atoms. The molecular weight excluding hydrogens is 328 g/mol. The summed E-state index contributed by atoms with van der Waals surface area (Å²) in [6.45, 7) is 5.80. The zero-order valence-electron chi connectivity index (χ0n) is 15.2. The quantitative estimate of drug-likeness (QED) is 0.743. The number of amides is 2. The summed E-state index contributed by atoms with van der Waals surface area (Å²) in [5, 5.41) is 5.53. The number of carbonyl (C=O) groups excluding carboxylic acids is 2. The van der Waals surface area contributed by atoms with Gasteiger partial charge in [-0.3, -0.25) is 9.59 Å². The maximum Gasteiger partial charge on any atom is 0.243 e. The van der Waals surface area contributed by atoms with Gasteiger partial charge >= 0.3 is 0 Å². The molecule has 0 radical (unpaired) electrons. The van der Waals surface area contributed by atoms with Crippen LogP contribution in [0.2, 0.25) is 0 Å². The second-order valence-electron chi connectivity index (χ2n) is 6.33. The summed E-state index contributed by atoms with van der Waals surface area (Å²) in [4.78, 5) is 28.9. The Hall–Kier alpha value is -3.15. The number of benzene rings is 2. The monoisotopic (exact) mass is 350 g/mol. The van der Waals surface area contributed by atoms with Gasteiger partial charge in [-0.1, -0.05) is 30.3 Å². The van der Waals surface area contributed by atoms with Gasteiger partial charge in [0.1, 0.15) is 12.4 Å². The molecule has 2 amide bonds. The Morgan fingerprint density at radius 3 is 2.38 bits per heavy atom. The van der Waals surface area contributed by atoms with Crippen molar-refractivity contribution < 1.29 is 9.59 Å². The van der Waals surface area contributed by atoms with E-state index in [1.807, 2.05) is 67.8 Å². The van der Waals surface area contributed by atoms with Crippen molar-refractivity contribution in [3.63, 3.8) is 0 Å². The Morgan fingerprint density at radius 2 is 1.65 bits per heavy atom. The third-order valence-corrected chi connectivity index (χ3v) is 4.34. The molecule has 0 fully saturated rings. The molecule has 26 heavy (non-hydrogen) atoms. The van der Waals surface area contributed by atoms with Crippen LogP contribution in [0.15, 0.2) is 42.5 Å². The largest absolute Gasteiger partial charge is 0.345 e. The number of hydrogen-bond acceptors (Lipinski definition) is 3. The SMILES string of the molecule is Cc1cccc(C)c1NC(=O)CNC(=O)Cn1c(C)nc2ccccc21. The summed E-state index contributed by atoms with van der Waals surface area (Å²) in [6.07, 6.45) is 0. The molecule has 1 aromatic heterocycles. The summed E-state index contributed by atoms with van der Waals surface area (Å²) in [7, 11) is 0. The average molecular weight is 350 g/mol. The number of imidazole rings is 1. The first-order valence-electron chi connectivity index (χ1n) is 8.50. The van der Waals surface area contributed by atoms with E-state index in [0.717, 1.165) is 33.7 Å². The van der Waals surface area contributed by atoms with E-state index in [1.54, 1.807) is 0 Å². The van der Waals surface area contributed by atoms with Crippen LogP contribution in [-0.2, 0) is 16.1 Å². The van der Waals surface area contributed by atoms with Gasteiger partial charge in [0.25, 0.3) is 0 Å². The Kier molecular flexibility index (Phi) is 5.02. The minimum absolute atomic E-state index is 0.0711. The van der Waals surface area contributed by atoms with Crippen LogP contribution in [-0.4, -0.2) is 27.9 Å². The van der Waals surface area contributed by atoms with Crippen LogP contribution in [0.3, 0.4) is 0 Å². The molecule has 2 N–H and O–H groups in total. The van der Waals surface area contributed by atoms with E-state index in [1.165, 1.54) is 0 Å². The lowest BCUT2D eigenvalue weighted by atomic mass is 10.1. The molecule has 3 aromatic rings. The maximum absolute atomic E-state index is 12.3. The average Bonchev–Trinajstić information content (AvgIpc) is 2.92. The van der Waals surface area contributed by atoms with Gasteiger partial charge in [0.15, 0.2) is 0 Å². The highest BCUT2D eigenvalue weighted by atomic mass is 16.2. The van der Waals surface area contributed by atoms with Gasteiger partial charge in [0.05, 0.1) is 17.6 Å². The van der Waals surface area contributed by atoms with Crippen molar-refractivity contribution in [2.75, 3.05) is 11.9 Å². The first-order valence-corrected chi connectivity index (χ1v) is 8.50. The molecule has 6 nitrogen and oxygen atoms in total. The van der Waals surface area contributed by atoms with Crippen molar-refractivity contribution in [2.24, 2.45) is 0 Å². The van der Waals surface area contributed by atoms with E-state index in [0.29, 0.717) is 0 Å². The van der Waals surface area contributed by atoms with Crippen LogP contribution in [0.5, 0.6) is 0 Å². The molecule has 2 aromatic carbocycles. The molecule has 0 unspecified atom stereocenters. The summed E-state index contributed by atoms with van der Waals surface area (Å²) in [5.74, 6) is 0.289. The minimum atomic E-state index is -0.247. The van der Waals surface area contributed by atoms with E-state index in [9.17, 15) is 9.59 Å². The lowest BCUT2D eigenvalue weighted by molar-refractivity contribution is -0.124. The molecule has 1 heterocycles. The van der Waals surface area contributed by atoms with Gasteiger partial charge in [-0.15, -0.1) is 0 Å². The number of para-hydroxylation sites is 3. The van der Waals surface area contributed by atoms with Crippen LogP contribution >= 0.6 is 0 Å². The predicted molar refractivity (Wildman–Crippen MR) is 102 cm³/mol. The first kappa shape index (κ1) is 17.7. The number of carbonyl (C=O) groups is 2. The van der Waals surface area contributed by atoms with E-state index in [2.05, 4.69) is 15.6 Å². The van der Waals surface area contributed by atoms with Gasteiger partial charge < -0.3 is 15.2 Å². The normalized spacial score (nSPS) is 10.7. The van der Waals surface area contributed by atoms with E-state index in [-0.39, 0.29) is 24.9 Å². The van der Waals surface area contributed by atoms with Crippen molar-refractivity contribution in [3.05, 3.63) is 59.4 Å². The van der Waals surface area contributed by atoms with E-state index in [4.69, 9.17) is 0 Å². The molecule has 134 valence electrons. The number of nitrogens with zero attached hydrogens (tertiary/aromatic N) is 2. The van der Waals surface area contributed by atoms with Gasteiger partial charge in [0, 0.05) is 5.69 Å². The minimum Gasteiger partial charge on any atom is -0.345 e. The molecule has 0 aliphatic carbocycles. The van der Waals surface area contributed by atoms with Crippen LogP contribution in [0.1, 0.15) is 17.0 Å². The Bertz CT molecular complexity index is 955. The zero-order chi connectivity index (χ0) is 18.7. The van der Waals surface area contributed by atoms with E-state index < -0.39 is 0 Å².